The second kappa shape index (κ2) is 7.97. The van der Waals surface area contributed by atoms with Gasteiger partial charge in [0.1, 0.15) is 5.75 Å². The third-order valence-electron chi connectivity index (χ3n) is 3.78. The van der Waals surface area contributed by atoms with Crippen LogP contribution in [0.4, 0.5) is 0 Å². The zero-order chi connectivity index (χ0) is 18.4. The van der Waals surface area contributed by atoms with Crippen molar-refractivity contribution in [1.82, 2.24) is 10.9 Å². The van der Waals surface area contributed by atoms with Crippen LogP contribution < -0.4 is 15.6 Å². The predicted molar refractivity (Wildman–Crippen MR) is 92.8 cm³/mol. The van der Waals surface area contributed by atoms with Crippen LogP contribution >= 0.6 is 0 Å². The number of ether oxygens (including phenoxy) is 1. The van der Waals surface area contributed by atoms with E-state index in [0.29, 0.717) is 11.3 Å². The van der Waals surface area contributed by atoms with Gasteiger partial charge in [-0.3, -0.25) is 20.4 Å². The lowest BCUT2D eigenvalue weighted by molar-refractivity contribution is -0.128. The van der Waals surface area contributed by atoms with Crippen molar-refractivity contribution >= 4 is 11.8 Å². The molecule has 0 spiro atoms. The van der Waals surface area contributed by atoms with Crippen molar-refractivity contribution in [2.24, 2.45) is 0 Å². The average molecular weight is 337 g/mol. The zero-order valence-electron chi connectivity index (χ0n) is 14.3. The molecular weight excluding hydrogens is 318 g/mol. The molecule has 2 aromatic carbocycles. The number of nitrogens with zero attached hydrogens (tertiary/aromatic N) is 1. The highest BCUT2D eigenvalue weighted by molar-refractivity contribution is 5.96. The van der Waals surface area contributed by atoms with Gasteiger partial charge in [-0.2, -0.15) is 5.26 Å². The summed E-state index contributed by atoms with van der Waals surface area (Å²) in [6, 6.07) is 13.7. The number of benzene rings is 2. The van der Waals surface area contributed by atoms with E-state index < -0.39 is 17.9 Å². The Balaban J connectivity index is 1.94. The molecule has 0 aromatic heterocycles. The summed E-state index contributed by atoms with van der Waals surface area (Å²) in [5.74, 6) is -0.370. The number of carbonyl (C=O) groups excluding carboxylic acids is 2. The normalized spacial score (nSPS) is 11.1. The molecule has 6 heteroatoms. The average Bonchev–Trinajstić information content (AvgIpc) is 2.63. The van der Waals surface area contributed by atoms with Crippen molar-refractivity contribution in [1.29, 1.82) is 5.26 Å². The monoisotopic (exact) mass is 337 g/mol. The highest BCUT2D eigenvalue weighted by Crippen LogP contribution is 2.21. The first kappa shape index (κ1) is 18.0. The van der Waals surface area contributed by atoms with Gasteiger partial charge in [0, 0.05) is 5.56 Å². The summed E-state index contributed by atoms with van der Waals surface area (Å²) < 4.78 is 5.66. The smallest absolute Gasteiger partial charge is 0.279 e. The van der Waals surface area contributed by atoms with Gasteiger partial charge in [-0.15, -0.1) is 0 Å². The number of hydrogen-bond donors (Lipinski definition) is 2. The van der Waals surface area contributed by atoms with E-state index in [1.165, 1.54) is 6.07 Å². The molecule has 2 aromatic rings. The van der Waals surface area contributed by atoms with Crippen LogP contribution in [0, 0.1) is 25.2 Å². The van der Waals surface area contributed by atoms with Crippen LogP contribution in [-0.4, -0.2) is 17.9 Å². The fraction of sp³-hybridized carbons (Fsp3) is 0.211. The van der Waals surface area contributed by atoms with Crippen molar-refractivity contribution in [3.8, 4) is 11.8 Å². The zero-order valence-corrected chi connectivity index (χ0v) is 14.3. The Kier molecular flexibility index (Phi) is 5.75. The molecule has 0 bridgehead atoms. The van der Waals surface area contributed by atoms with Gasteiger partial charge in [-0.1, -0.05) is 18.2 Å². The summed E-state index contributed by atoms with van der Waals surface area (Å²) in [7, 11) is 0. The predicted octanol–water partition coefficient (Wildman–Crippen LogP) is 2.40. The molecule has 0 aliphatic rings. The maximum absolute atomic E-state index is 12.1. The fourth-order valence-electron chi connectivity index (χ4n) is 2.12. The van der Waals surface area contributed by atoms with Gasteiger partial charge in [-0.05, 0) is 56.2 Å². The standard InChI is InChI=1S/C19H19N3O3/c1-12-6-4-9-17(13(12)2)25-14(3)18(23)21-22-19(24)16-8-5-7-15(10-16)11-20/h4-10,14H,1-3H3,(H,21,23)(H,22,24)/t14-/m0/s1. The molecule has 0 aliphatic heterocycles. The van der Waals surface area contributed by atoms with Crippen LogP contribution in [0.25, 0.3) is 0 Å². The molecule has 2 N–H and O–H groups in total. The SMILES string of the molecule is Cc1cccc(O[C@@H](C)C(=O)NNC(=O)c2cccc(C#N)c2)c1C. The van der Waals surface area contributed by atoms with E-state index in [2.05, 4.69) is 10.9 Å². The maximum atomic E-state index is 12.1. The Morgan fingerprint density at radius 1 is 1.12 bits per heavy atom. The van der Waals surface area contributed by atoms with Crippen LogP contribution in [0.5, 0.6) is 5.75 Å². The summed E-state index contributed by atoms with van der Waals surface area (Å²) in [5.41, 5.74) is 7.31. The molecule has 0 saturated carbocycles. The van der Waals surface area contributed by atoms with E-state index in [9.17, 15) is 9.59 Å². The molecule has 25 heavy (non-hydrogen) atoms. The molecule has 0 radical (unpaired) electrons. The van der Waals surface area contributed by atoms with Gasteiger partial charge in [0.15, 0.2) is 6.10 Å². The van der Waals surface area contributed by atoms with Crippen molar-refractivity contribution in [3.05, 3.63) is 64.7 Å². The molecular formula is C19H19N3O3. The van der Waals surface area contributed by atoms with Crippen molar-refractivity contribution in [2.75, 3.05) is 0 Å². The molecule has 6 nitrogen and oxygen atoms in total. The van der Waals surface area contributed by atoms with Crippen LogP contribution in [0.1, 0.15) is 34.0 Å². The lowest BCUT2D eigenvalue weighted by Crippen LogP contribution is -2.47. The first-order valence-corrected chi connectivity index (χ1v) is 7.75. The molecule has 0 saturated heterocycles. The second-order valence-corrected chi connectivity index (χ2v) is 5.59. The third-order valence-corrected chi connectivity index (χ3v) is 3.78. The number of aryl methyl sites for hydroxylation is 1. The van der Waals surface area contributed by atoms with Gasteiger partial charge in [0.05, 0.1) is 11.6 Å². The molecule has 1 atom stereocenters. The Morgan fingerprint density at radius 2 is 1.84 bits per heavy atom. The lowest BCUT2D eigenvalue weighted by atomic mass is 10.1. The number of hydrogen-bond acceptors (Lipinski definition) is 4. The van der Waals surface area contributed by atoms with Crippen LogP contribution in [-0.2, 0) is 4.79 Å². The van der Waals surface area contributed by atoms with Gasteiger partial charge in [0.25, 0.3) is 11.8 Å². The highest BCUT2D eigenvalue weighted by Gasteiger charge is 2.17. The minimum Gasteiger partial charge on any atom is -0.481 e. The Labute approximate surface area is 146 Å². The second-order valence-electron chi connectivity index (χ2n) is 5.59. The molecule has 2 amide bonds. The number of amides is 2. The lowest BCUT2D eigenvalue weighted by Gasteiger charge is -2.17. The molecule has 0 unspecified atom stereocenters. The summed E-state index contributed by atoms with van der Waals surface area (Å²) in [5, 5.41) is 8.85. The van der Waals surface area contributed by atoms with E-state index in [4.69, 9.17) is 10.00 Å². The van der Waals surface area contributed by atoms with E-state index in [0.717, 1.165) is 11.1 Å². The summed E-state index contributed by atoms with van der Waals surface area (Å²) in [6.45, 7) is 5.47. The van der Waals surface area contributed by atoms with Crippen LogP contribution in [0.3, 0.4) is 0 Å². The highest BCUT2D eigenvalue weighted by atomic mass is 16.5. The largest absolute Gasteiger partial charge is 0.481 e. The first-order valence-electron chi connectivity index (χ1n) is 7.75. The Morgan fingerprint density at radius 3 is 2.56 bits per heavy atom. The Hall–Kier alpha value is -3.33. The van der Waals surface area contributed by atoms with E-state index in [1.54, 1.807) is 31.2 Å². The summed E-state index contributed by atoms with van der Waals surface area (Å²) >= 11 is 0. The summed E-state index contributed by atoms with van der Waals surface area (Å²) in [6.07, 6.45) is -0.786. The number of carbonyl (C=O) groups is 2. The molecule has 0 aliphatic carbocycles. The van der Waals surface area contributed by atoms with Crippen molar-refractivity contribution < 1.29 is 14.3 Å². The van der Waals surface area contributed by atoms with E-state index in [-0.39, 0.29) is 5.56 Å². The third kappa shape index (κ3) is 4.58. The van der Waals surface area contributed by atoms with Crippen molar-refractivity contribution in [2.45, 2.75) is 26.9 Å². The van der Waals surface area contributed by atoms with Crippen LogP contribution in [0.2, 0.25) is 0 Å². The molecule has 0 heterocycles. The molecule has 128 valence electrons. The van der Waals surface area contributed by atoms with E-state index >= 15 is 0 Å². The summed E-state index contributed by atoms with van der Waals surface area (Å²) in [4.78, 5) is 24.1. The minimum absolute atomic E-state index is 0.280. The van der Waals surface area contributed by atoms with Gasteiger partial charge in [-0.25, -0.2) is 0 Å². The maximum Gasteiger partial charge on any atom is 0.279 e. The van der Waals surface area contributed by atoms with Crippen LogP contribution in [0.15, 0.2) is 42.5 Å². The van der Waals surface area contributed by atoms with Gasteiger partial charge in [0.2, 0.25) is 0 Å². The van der Waals surface area contributed by atoms with Gasteiger partial charge >= 0.3 is 0 Å². The number of nitriles is 1. The minimum atomic E-state index is -0.786. The van der Waals surface area contributed by atoms with Crippen molar-refractivity contribution in [3.63, 3.8) is 0 Å². The molecule has 2 rings (SSSR count). The molecule has 0 fully saturated rings. The van der Waals surface area contributed by atoms with Gasteiger partial charge < -0.3 is 4.74 Å². The first-order chi connectivity index (χ1) is 11.9. The Bertz CT molecular complexity index is 840. The quantitative estimate of drug-likeness (QED) is 0.838. The van der Waals surface area contributed by atoms with E-state index in [1.807, 2.05) is 32.0 Å². The number of rotatable bonds is 4. The fourth-order valence-corrected chi connectivity index (χ4v) is 2.12. The topological polar surface area (TPSA) is 91.2 Å². The number of nitrogens with one attached hydrogen (secondary N) is 2. The number of hydrazine groups is 1.